The average molecular weight is 284 g/mol. The molecular weight excluding hydrogens is 268 g/mol. The van der Waals surface area contributed by atoms with Crippen LogP contribution in [-0.4, -0.2) is 47.1 Å². The molecule has 1 rings (SSSR count). The van der Waals surface area contributed by atoms with Crippen molar-refractivity contribution in [1.82, 2.24) is 15.1 Å². The lowest BCUT2D eigenvalue weighted by Crippen LogP contribution is -2.36. The summed E-state index contributed by atoms with van der Waals surface area (Å²) in [6, 6.07) is 0. The normalized spacial score (nSPS) is 10.0. The Labute approximate surface area is 115 Å². The lowest BCUT2D eigenvalue weighted by Gasteiger charge is -2.17. The average Bonchev–Trinajstić information content (AvgIpc) is 2.76. The minimum atomic E-state index is -0.322. The molecule has 19 heavy (non-hydrogen) atoms. The highest BCUT2D eigenvalue weighted by Gasteiger charge is 2.14. The second-order valence-electron chi connectivity index (χ2n) is 3.67. The summed E-state index contributed by atoms with van der Waals surface area (Å²) in [4.78, 5) is 24.4. The number of hydrogen-bond acceptors (Lipinski definition) is 6. The molecule has 0 unspecified atom stereocenters. The number of aromatic nitrogens is 2. The summed E-state index contributed by atoms with van der Waals surface area (Å²) in [6.45, 7) is 5.58. The number of hydrogen-bond donors (Lipinski definition) is 1. The summed E-state index contributed by atoms with van der Waals surface area (Å²) >= 11 is 1.23. The highest BCUT2D eigenvalue weighted by atomic mass is 32.1. The number of carbonyl (C=O) groups is 2. The van der Waals surface area contributed by atoms with Gasteiger partial charge in [-0.25, -0.2) is 0 Å². The molecule has 7 nitrogen and oxygen atoms in total. The molecule has 0 fully saturated rings. The van der Waals surface area contributed by atoms with E-state index in [0.29, 0.717) is 23.3 Å². The second kappa shape index (κ2) is 7.59. The number of rotatable bonds is 7. The number of anilines is 1. The van der Waals surface area contributed by atoms with Crippen LogP contribution in [0.5, 0.6) is 0 Å². The van der Waals surface area contributed by atoms with Crippen LogP contribution in [0, 0.1) is 0 Å². The molecule has 1 aromatic rings. The maximum Gasteiger partial charge on any atom is 0.245 e. The Bertz CT molecular complexity index is 461. The van der Waals surface area contributed by atoms with Gasteiger partial charge in [-0.05, 0) is 0 Å². The number of amides is 2. The summed E-state index contributed by atoms with van der Waals surface area (Å²) in [5.41, 5.74) is 0. The first-order valence-corrected chi connectivity index (χ1v) is 6.36. The zero-order valence-electron chi connectivity index (χ0n) is 10.9. The molecule has 0 bridgehead atoms. The Morgan fingerprint density at radius 1 is 1.53 bits per heavy atom. The molecule has 0 aliphatic carbocycles. The van der Waals surface area contributed by atoms with Gasteiger partial charge in [-0.1, -0.05) is 17.4 Å². The van der Waals surface area contributed by atoms with E-state index in [4.69, 9.17) is 4.74 Å². The third-order valence-corrected chi connectivity index (χ3v) is 2.92. The van der Waals surface area contributed by atoms with Gasteiger partial charge in [0.1, 0.15) is 18.2 Å². The van der Waals surface area contributed by atoms with E-state index in [1.165, 1.54) is 23.2 Å². The van der Waals surface area contributed by atoms with Crippen LogP contribution < -0.4 is 5.32 Å². The van der Waals surface area contributed by atoms with Crippen LogP contribution in [0.25, 0.3) is 0 Å². The number of methoxy groups -OCH3 is 1. The first-order valence-electron chi connectivity index (χ1n) is 5.54. The highest BCUT2D eigenvalue weighted by molar-refractivity contribution is 7.15. The summed E-state index contributed by atoms with van der Waals surface area (Å²) in [5, 5.41) is 11.3. The molecule has 8 heteroatoms. The van der Waals surface area contributed by atoms with Crippen LogP contribution in [-0.2, 0) is 20.9 Å². The third-order valence-electron chi connectivity index (χ3n) is 2.11. The summed E-state index contributed by atoms with van der Waals surface area (Å²) in [7, 11) is 1.56. The SMILES string of the molecule is C=CCN(CC(=O)Nc1nnc(COC)s1)C(C)=O. The van der Waals surface area contributed by atoms with Gasteiger partial charge in [-0.3, -0.25) is 14.9 Å². The van der Waals surface area contributed by atoms with Gasteiger partial charge < -0.3 is 9.64 Å². The van der Waals surface area contributed by atoms with Crippen molar-refractivity contribution < 1.29 is 14.3 Å². The largest absolute Gasteiger partial charge is 0.377 e. The first kappa shape index (κ1) is 15.3. The summed E-state index contributed by atoms with van der Waals surface area (Å²) < 4.78 is 4.91. The molecule has 104 valence electrons. The third kappa shape index (κ3) is 5.14. The smallest absolute Gasteiger partial charge is 0.245 e. The van der Waals surface area contributed by atoms with Crippen molar-refractivity contribution in [1.29, 1.82) is 0 Å². The van der Waals surface area contributed by atoms with E-state index in [9.17, 15) is 9.59 Å². The molecule has 0 aliphatic rings. The van der Waals surface area contributed by atoms with E-state index in [-0.39, 0.29) is 18.4 Å². The molecule has 0 radical (unpaired) electrons. The molecule has 0 saturated carbocycles. The molecule has 0 aliphatic heterocycles. The second-order valence-corrected chi connectivity index (χ2v) is 4.73. The van der Waals surface area contributed by atoms with Crippen LogP contribution >= 0.6 is 11.3 Å². The van der Waals surface area contributed by atoms with Crippen molar-refractivity contribution in [2.24, 2.45) is 0 Å². The predicted molar refractivity (Wildman–Crippen MR) is 71.7 cm³/mol. The standard InChI is InChI=1S/C11H16N4O3S/c1-4-5-15(8(2)16)6-9(17)12-11-14-13-10(19-11)7-18-3/h4H,1,5-7H2,2-3H3,(H,12,14,17). The van der Waals surface area contributed by atoms with E-state index in [2.05, 4.69) is 22.1 Å². The minimum Gasteiger partial charge on any atom is -0.377 e. The van der Waals surface area contributed by atoms with Crippen LogP contribution in [0.3, 0.4) is 0 Å². The molecule has 1 aromatic heterocycles. The van der Waals surface area contributed by atoms with Crippen LogP contribution in [0.1, 0.15) is 11.9 Å². The lowest BCUT2D eigenvalue weighted by atomic mass is 10.4. The van der Waals surface area contributed by atoms with E-state index in [1.54, 1.807) is 13.2 Å². The number of ether oxygens (including phenoxy) is 1. The molecule has 0 saturated heterocycles. The van der Waals surface area contributed by atoms with Crippen LogP contribution in [0.15, 0.2) is 12.7 Å². The van der Waals surface area contributed by atoms with Crippen molar-refractivity contribution in [3.63, 3.8) is 0 Å². The Kier molecular flexibility index (Phi) is 6.10. The van der Waals surface area contributed by atoms with Gasteiger partial charge in [0.05, 0.1) is 0 Å². The van der Waals surface area contributed by atoms with Crippen molar-refractivity contribution in [2.45, 2.75) is 13.5 Å². The van der Waals surface area contributed by atoms with E-state index in [1.807, 2.05) is 0 Å². The predicted octanol–water partition coefficient (Wildman–Crippen LogP) is 0.657. The topological polar surface area (TPSA) is 84.4 Å². The van der Waals surface area contributed by atoms with Crippen LogP contribution in [0.2, 0.25) is 0 Å². The molecule has 2 amide bonds. The van der Waals surface area contributed by atoms with Crippen molar-refractivity contribution in [3.05, 3.63) is 17.7 Å². The number of nitrogens with zero attached hydrogens (tertiary/aromatic N) is 3. The number of carbonyl (C=O) groups excluding carboxylic acids is 2. The van der Waals surface area contributed by atoms with Gasteiger partial charge in [0.2, 0.25) is 16.9 Å². The minimum absolute atomic E-state index is 0.0411. The summed E-state index contributed by atoms with van der Waals surface area (Å²) in [6.07, 6.45) is 1.57. The number of nitrogens with one attached hydrogen (secondary N) is 1. The Morgan fingerprint density at radius 2 is 2.26 bits per heavy atom. The molecule has 1 heterocycles. The Balaban J connectivity index is 2.53. The molecule has 0 aromatic carbocycles. The zero-order valence-corrected chi connectivity index (χ0v) is 11.7. The van der Waals surface area contributed by atoms with Crippen molar-refractivity contribution >= 4 is 28.3 Å². The van der Waals surface area contributed by atoms with Crippen molar-refractivity contribution in [2.75, 3.05) is 25.5 Å². The van der Waals surface area contributed by atoms with E-state index >= 15 is 0 Å². The van der Waals surface area contributed by atoms with Crippen LogP contribution in [0.4, 0.5) is 5.13 Å². The van der Waals surface area contributed by atoms with Gasteiger partial charge in [0, 0.05) is 20.6 Å². The fraction of sp³-hybridized carbons (Fsp3) is 0.455. The fourth-order valence-corrected chi connectivity index (χ4v) is 2.01. The highest BCUT2D eigenvalue weighted by Crippen LogP contribution is 2.15. The van der Waals surface area contributed by atoms with Gasteiger partial charge in [-0.2, -0.15) is 0 Å². The summed E-state index contributed by atoms with van der Waals surface area (Å²) in [5.74, 6) is -0.510. The van der Waals surface area contributed by atoms with Crippen molar-refractivity contribution in [3.8, 4) is 0 Å². The van der Waals surface area contributed by atoms with Gasteiger partial charge >= 0.3 is 0 Å². The quantitative estimate of drug-likeness (QED) is 0.743. The molecular formula is C11H16N4O3S. The first-order chi connectivity index (χ1) is 9.06. The van der Waals surface area contributed by atoms with Gasteiger partial charge in [0.25, 0.3) is 0 Å². The lowest BCUT2D eigenvalue weighted by molar-refractivity contribution is -0.132. The maximum atomic E-state index is 11.7. The molecule has 1 N–H and O–H groups in total. The molecule has 0 spiro atoms. The Hall–Kier alpha value is -1.80. The monoisotopic (exact) mass is 284 g/mol. The fourth-order valence-electron chi connectivity index (χ4n) is 1.28. The molecule has 0 atom stereocenters. The van der Waals surface area contributed by atoms with E-state index < -0.39 is 0 Å². The van der Waals surface area contributed by atoms with Gasteiger partial charge in [0.15, 0.2) is 0 Å². The van der Waals surface area contributed by atoms with E-state index in [0.717, 1.165) is 0 Å². The maximum absolute atomic E-state index is 11.7. The Morgan fingerprint density at radius 3 is 2.84 bits per heavy atom. The van der Waals surface area contributed by atoms with Gasteiger partial charge in [-0.15, -0.1) is 16.8 Å². The zero-order chi connectivity index (χ0) is 14.3.